The molecule has 1 aliphatic heterocycles. The van der Waals surface area contributed by atoms with Crippen LogP contribution in [0.1, 0.15) is 34.7 Å². The van der Waals surface area contributed by atoms with Crippen molar-refractivity contribution in [1.29, 1.82) is 0 Å². The summed E-state index contributed by atoms with van der Waals surface area (Å²) in [5.41, 5.74) is 0.934. The Morgan fingerprint density at radius 2 is 2.25 bits per heavy atom. The molecule has 0 saturated carbocycles. The summed E-state index contributed by atoms with van der Waals surface area (Å²) in [5, 5.41) is 11.5. The molecule has 2 N–H and O–H groups in total. The molecule has 1 aliphatic rings. The molecule has 102 valence electrons. The molecule has 0 radical (unpaired) electrons. The number of pyridine rings is 1. The lowest BCUT2D eigenvalue weighted by molar-refractivity contribution is -0.134. The zero-order valence-corrected chi connectivity index (χ0v) is 10.4. The number of nitrogens with zero attached hydrogens (tertiary/aromatic N) is 2. The second kappa shape index (κ2) is 4.44. The normalized spacial score (nSPS) is 19.1. The zero-order valence-electron chi connectivity index (χ0n) is 10.4. The minimum absolute atomic E-state index is 0.0391. The number of imidazole rings is 1. The van der Waals surface area contributed by atoms with Crippen molar-refractivity contribution in [2.45, 2.75) is 18.8 Å². The number of piperidine rings is 1. The average molecular weight is 273 g/mol. The van der Waals surface area contributed by atoms with Crippen LogP contribution < -0.4 is 5.32 Å². The smallest absolute Gasteiger partial charge is 0.339 e. The van der Waals surface area contributed by atoms with Crippen LogP contribution in [0.3, 0.4) is 0 Å². The summed E-state index contributed by atoms with van der Waals surface area (Å²) in [6.45, 7) is 0. The number of hydrogen-bond acceptors (Lipinski definition) is 4. The van der Waals surface area contributed by atoms with Gasteiger partial charge >= 0.3 is 5.97 Å². The van der Waals surface area contributed by atoms with Gasteiger partial charge in [0.25, 0.3) is 0 Å². The second-order valence-corrected chi connectivity index (χ2v) is 4.65. The lowest BCUT2D eigenvalue weighted by atomic mass is 9.91. The van der Waals surface area contributed by atoms with Crippen molar-refractivity contribution in [3.8, 4) is 0 Å². The number of carboxylic acids is 1. The maximum absolute atomic E-state index is 11.9. The highest BCUT2D eigenvalue weighted by Crippen LogP contribution is 2.26. The largest absolute Gasteiger partial charge is 0.478 e. The molecule has 2 aromatic rings. The highest BCUT2D eigenvalue weighted by Gasteiger charge is 2.29. The van der Waals surface area contributed by atoms with E-state index in [-0.39, 0.29) is 17.9 Å². The van der Waals surface area contributed by atoms with E-state index < -0.39 is 17.8 Å². The van der Waals surface area contributed by atoms with Gasteiger partial charge in [-0.05, 0) is 18.1 Å². The van der Waals surface area contributed by atoms with E-state index in [9.17, 15) is 19.5 Å². The SMILES string of the molecule is O=C1CCC(c2cc(C(=O)O)c3nccn3c2)C(=O)N1. The number of imide groups is 1. The summed E-state index contributed by atoms with van der Waals surface area (Å²) in [6, 6.07) is 1.45. The highest BCUT2D eigenvalue weighted by molar-refractivity contribution is 6.01. The molecule has 2 amide bonds. The first-order valence-corrected chi connectivity index (χ1v) is 6.10. The van der Waals surface area contributed by atoms with Crippen LogP contribution in [0.2, 0.25) is 0 Å². The third-order valence-electron chi connectivity index (χ3n) is 3.38. The molecule has 1 saturated heterocycles. The first-order valence-electron chi connectivity index (χ1n) is 6.10. The molecule has 3 heterocycles. The van der Waals surface area contributed by atoms with Crippen molar-refractivity contribution in [3.05, 3.63) is 35.8 Å². The van der Waals surface area contributed by atoms with Crippen LogP contribution in [0, 0.1) is 0 Å². The topological polar surface area (TPSA) is 101 Å². The molecule has 0 aliphatic carbocycles. The van der Waals surface area contributed by atoms with Crippen LogP contribution in [-0.4, -0.2) is 32.3 Å². The Labute approximate surface area is 113 Å². The second-order valence-electron chi connectivity index (χ2n) is 4.65. The summed E-state index contributed by atoms with van der Waals surface area (Å²) < 4.78 is 1.57. The van der Waals surface area contributed by atoms with Gasteiger partial charge in [0.1, 0.15) is 5.56 Å². The van der Waals surface area contributed by atoms with Crippen LogP contribution in [0.5, 0.6) is 0 Å². The van der Waals surface area contributed by atoms with Gasteiger partial charge in [0.05, 0.1) is 5.92 Å². The van der Waals surface area contributed by atoms with Crippen molar-refractivity contribution in [1.82, 2.24) is 14.7 Å². The predicted molar refractivity (Wildman–Crippen MR) is 67.3 cm³/mol. The van der Waals surface area contributed by atoms with E-state index in [2.05, 4.69) is 10.3 Å². The minimum atomic E-state index is -1.10. The number of aromatic carboxylic acids is 1. The number of aromatic nitrogens is 2. The van der Waals surface area contributed by atoms with Gasteiger partial charge in [0.2, 0.25) is 11.8 Å². The molecule has 0 spiro atoms. The van der Waals surface area contributed by atoms with Crippen LogP contribution in [-0.2, 0) is 9.59 Å². The van der Waals surface area contributed by atoms with Crippen molar-refractivity contribution in [2.24, 2.45) is 0 Å². The Balaban J connectivity index is 2.10. The Hall–Kier alpha value is -2.70. The molecular formula is C13H11N3O4. The third kappa shape index (κ3) is 1.93. The molecule has 7 nitrogen and oxygen atoms in total. The molecule has 7 heteroatoms. The standard InChI is InChI=1S/C13H11N3O4/c17-10-2-1-8(12(18)15-10)7-5-9(13(19)20)11-14-3-4-16(11)6-7/h3-6,8H,1-2H2,(H,19,20)(H,15,17,18). The number of nitrogens with one attached hydrogen (secondary N) is 1. The fraction of sp³-hybridized carbons (Fsp3) is 0.231. The monoisotopic (exact) mass is 273 g/mol. The van der Waals surface area contributed by atoms with Gasteiger partial charge in [-0.1, -0.05) is 0 Å². The number of amides is 2. The predicted octanol–water partition coefficient (Wildman–Crippen LogP) is 0.553. The first kappa shape index (κ1) is 12.3. The van der Waals surface area contributed by atoms with Crippen molar-refractivity contribution < 1.29 is 19.5 Å². The fourth-order valence-electron chi connectivity index (χ4n) is 2.41. The number of carbonyl (C=O) groups is 3. The quantitative estimate of drug-likeness (QED) is 0.778. The van der Waals surface area contributed by atoms with Gasteiger partial charge in [-0.3, -0.25) is 14.9 Å². The van der Waals surface area contributed by atoms with Gasteiger partial charge in [-0.2, -0.15) is 0 Å². The lowest BCUT2D eigenvalue weighted by Gasteiger charge is -2.21. The molecule has 20 heavy (non-hydrogen) atoms. The summed E-state index contributed by atoms with van der Waals surface area (Å²) in [6.07, 6.45) is 5.42. The van der Waals surface area contributed by atoms with Gasteiger partial charge in [-0.25, -0.2) is 9.78 Å². The summed E-state index contributed by atoms with van der Waals surface area (Å²) in [4.78, 5) is 38.3. The van der Waals surface area contributed by atoms with Crippen LogP contribution in [0.15, 0.2) is 24.7 Å². The molecule has 1 unspecified atom stereocenters. The minimum Gasteiger partial charge on any atom is -0.478 e. The molecule has 1 atom stereocenters. The van der Waals surface area contributed by atoms with Crippen LogP contribution >= 0.6 is 0 Å². The van der Waals surface area contributed by atoms with Gasteiger partial charge in [0.15, 0.2) is 5.65 Å². The van der Waals surface area contributed by atoms with E-state index in [0.717, 1.165) is 0 Å². The third-order valence-corrected chi connectivity index (χ3v) is 3.38. The number of carboxylic acid groups (broad SMARTS) is 1. The number of rotatable bonds is 2. The maximum atomic E-state index is 11.9. The van der Waals surface area contributed by atoms with E-state index in [1.807, 2.05) is 0 Å². The maximum Gasteiger partial charge on any atom is 0.339 e. The van der Waals surface area contributed by atoms with E-state index >= 15 is 0 Å². The Morgan fingerprint density at radius 1 is 1.45 bits per heavy atom. The van der Waals surface area contributed by atoms with E-state index in [1.54, 1.807) is 16.8 Å². The molecule has 1 fully saturated rings. The van der Waals surface area contributed by atoms with E-state index in [4.69, 9.17) is 0 Å². The molecule has 2 aromatic heterocycles. The number of carbonyl (C=O) groups excluding carboxylic acids is 2. The van der Waals surface area contributed by atoms with E-state index in [1.165, 1.54) is 12.3 Å². The summed E-state index contributed by atoms with van der Waals surface area (Å²) >= 11 is 0. The van der Waals surface area contributed by atoms with Gasteiger partial charge in [0, 0.05) is 25.0 Å². The number of fused-ring (bicyclic) bond motifs is 1. The molecule has 0 bridgehead atoms. The number of hydrogen-bond donors (Lipinski definition) is 2. The Kier molecular flexibility index (Phi) is 2.74. The first-order chi connectivity index (χ1) is 9.56. The average Bonchev–Trinajstić information content (AvgIpc) is 2.85. The summed E-state index contributed by atoms with van der Waals surface area (Å²) in [7, 11) is 0. The van der Waals surface area contributed by atoms with Crippen molar-refractivity contribution in [2.75, 3.05) is 0 Å². The molecule has 0 aromatic carbocycles. The van der Waals surface area contributed by atoms with Crippen LogP contribution in [0.25, 0.3) is 5.65 Å². The van der Waals surface area contributed by atoms with Crippen molar-refractivity contribution >= 4 is 23.4 Å². The highest BCUT2D eigenvalue weighted by atomic mass is 16.4. The Morgan fingerprint density at radius 3 is 2.95 bits per heavy atom. The van der Waals surface area contributed by atoms with Crippen LogP contribution in [0.4, 0.5) is 0 Å². The zero-order chi connectivity index (χ0) is 14.3. The summed E-state index contributed by atoms with van der Waals surface area (Å²) in [5.74, 6) is -2.31. The van der Waals surface area contributed by atoms with Gasteiger partial charge in [-0.15, -0.1) is 0 Å². The van der Waals surface area contributed by atoms with Crippen molar-refractivity contribution in [3.63, 3.8) is 0 Å². The fourth-order valence-corrected chi connectivity index (χ4v) is 2.41. The molecule has 3 rings (SSSR count). The van der Waals surface area contributed by atoms with Gasteiger partial charge < -0.3 is 9.51 Å². The molecular weight excluding hydrogens is 262 g/mol. The lowest BCUT2D eigenvalue weighted by Crippen LogP contribution is -2.39. The Bertz CT molecular complexity index is 734. The van der Waals surface area contributed by atoms with E-state index in [0.29, 0.717) is 17.6 Å².